The molecule has 2 aromatic carbocycles. The van der Waals surface area contributed by atoms with Gasteiger partial charge in [-0.2, -0.15) is 0 Å². The predicted octanol–water partition coefficient (Wildman–Crippen LogP) is 4.02. The molecule has 1 nitrogen and oxygen atoms in total. The molecular formula is C14H10ClFO. The van der Waals surface area contributed by atoms with Gasteiger partial charge in [0.25, 0.3) is 0 Å². The van der Waals surface area contributed by atoms with Gasteiger partial charge in [0.1, 0.15) is 5.82 Å². The van der Waals surface area contributed by atoms with E-state index in [0.29, 0.717) is 10.6 Å². The lowest BCUT2D eigenvalue weighted by Crippen LogP contribution is -2.04. The summed E-state index contributed by atoms with van der Waals surface area (Å²) in [4.78, 5) is 12.1. The first-order valence-electron chi connectivity index (χ1n) is 5.14. The number of hydrogen-bond donors (Lipinski definition) is 0. The monoisotopic (exact) mass is 248 g/mol. The van der Waals surface area contributed by atoms with Crippen LogP contribution in [0, 0.1) is 12.7 Å². The van der Waals surface area contributed by atoms with Crippen LogP contribution in [0.15, 0.2) is 42.5 Å². The van der Waals surface area contributed by atoms with Crippen LogP contribution in [-0.2, 0) is 0 Å². The largest absolute Gasteiger partial charge is 0.288 e. The molecule has 0 heterocycles. The van der Waals surface area contributed by atoms with E-state index >= 15 is 0 Å². The fourth-order valence-corrected chi connectivity index (χ4v) is 1.79. The van der Waals surface area contributed by atoms with E-state index in [1.54, 1.807) is 30.3 Å². The zero-order chi connectivity index (χ0) is 12.4. The van der Waals surface area contributed by atoms with Crippen molar-refractivity contribution in [3.05, 3.63) is 70.0 Å². The van der Waals surface area contributed by atoms with Crippen LogP contribution in [0.2, 0.25) is 5.02 Å². The zero-order valence-corrected chi connectivity index (χ0v) is 9.96. The van der Waals surface area contributed by atoms with Crippen molar-refractivity contribution >= 4 is 17.4 Å². The van der Waals surface area contributed by atoms with Gasteiger partial charge in [0, 0.05) is 10.6 Å². The van der Waals surface area contributed by atoms with Crippen molar-refractivity contribution in [2.75, 3.05) is 0 Å². The zero-order valence-electron chi connectivity index (χ0n) is 9.21. The fraction of sp³-hybridized carbons (Fsp3) is 0.0714. The molecule has 0 radical (unpaired) electrons. The van der Waals surface area contributed by atoms with Gasteiger partial charge < -0.3 is 0 Å². The Hall–Kier alpha value is -1.67. The van der Waals surface area contributed by atoms with Crippen LogP contribution in [0.25, 0.3) is 0 Å². The Labute approximate surface area is 104 Å². The Bertz CT molecular complexity index is 578. The lowest BCUT2D eigenvalue weighted by molar-refractivity contribution is 0.103. The Morgan fingerprint density at radius 2 is 1.94 bits per heavy atom. The topological polar surface area (TPSA) is 17.1 Å². The maximum Gasteiger partial charge on any atom is 0.196 e. The molecule has 0 aliphatic carbocycles. The minimum atomic E-state index is -0.513. The molecular weight excluding hydrogens is 239 g/mol. The lowest BCUT2D eigenvalue weighted by atomic mass is 10.0. The van der Waals surface area contributed by atoms with E-state index in [1.165, 1.54) is 12.1 Å². The number of rotatable bonds is 2. The molecule has 17 heavy (non-hydrogen) atoms. The molecule has 0 amide bonds. The Morgan fingerprint density at radius 3 is 2.65 bits per heavy atom. The first-order chi connectivity index (χ1) is 8.08. The van der Waals surface area contributed by atoms with Crippen LogP contribution in [0.5, 0.6) is 0 Å². The summed E-state index contributed by atoms with van der Waals surface area (Å²) in [5.74, 6) is -0.866. The smallest absolute Gasteiger partial charge is 0.196 e. The van der Waals surface area contributed by atoms with Crippen molar-refractivity contribution in [2.45, 2.75) is 6.92 Å². The number of carbonyl (C=O) groups is 1. The van der Waals surface area contributed by atoms with Crippen LogP contribution in [0.4, 0.5) is 4.39 Å². The normalized spacial score (nSPS) is 10.3. The summed E-state index contributed by atoms with van der Waals surface area (Å²) < 4.78 is 13.6. The van der Waals surface area contributed by atoms with Crippen LogP contribution < -0.4 is 0 Å². The van der Waals surface area contributed by atoms with Gasteiger partial charge in [-0.05, 0) is 31.2 Å². The third kappa shape index (κ3) is 2.53. The Balaban J connectivity index is 2.47. The van der Waals surface area contributed by atoms with Gasteiger partial charge in [0.15, 0.2) is 5.78 Å². The number of ketones is 1. The highest BCUT2D eigenvalue weighted by molar-refractivity contribution is 6.31. The fourth-order valence-electron chi connectivity index (χ4n) is 1.60. The van der Waals surface area contributed by atoms with Gasteiger partial charge in [0.05, 0.1) is 5.56 Å². The van der Waals surface area contributed by atoms with Crippen LogP contribution in [0.1, 0.15) is 21.5 Å². The second-order valence-corrected chi connectivity index (χ2v) is 4.26. The molecule has 0 saturated carbocycles. The molecule has 0 spiro atoms. The van der Waals surface area contributed by atoms with E-state index in [2.05, 4.69) is 0 Å². The van der Waals surface area contributed by atoms with E-state index < -0.39 is 5.82 Å². The average Bonchev–Trinajstić information content (AvgIpc) is 2.31. The second kappa shape index (κ2) is 4.68. The Kier molecular flexibility index (Phi) is 3.25. The molecule has 0 fully saturated rings. The third-order valence-corrected chi connectivity index (χ3v) is 2.69. The molecule has 0 atom stereocenters. The molecule has 0 aliphatic rings. The van der Waals surface area contributed by atoms with Crippen molar-refractivity contribution in [3.8, 4) is 0 Å². The van der Waals surface area contributed by atoms with Gasteiger partial charge >= 0.3 is 0 Å². The number of aryl methyl sites for hydroxylation is 1. The summed E-state index contributed by atoms with van der Waals surface area (Å²) in [7, 11) is 0. The first-order valence-corrected chi connectivity index (χ1v) is 5.52. The van der Waals surface area contributed by atoms with Gasteiger partial charge in [0.2, 0.25) is 0 Å². The predicted molar refractivity (Wildman–Crippen MR) is 66.0 cm³/mol. The Morgan fingerprint density at radius 1 is 1.18 bits per heavy atom. The summed E-state index contributed by atoms with van der Waals surface area (Å²) in [6, 6.07) is 11.0. The number of benzene rings is 2. The maximum absolute atomic E-state index is 13.6. The van der Waals surface area contributed by atoms with Gasteiger partial charge in [-0.15, -0.1) is 0 Å². The summed E-state index contributed by atoms with van der Waals surface area (Å²) in [6.45, 7) is 1.81. The summed E-state index contributed by atoms with van der Waals surface area (Å²) in [5, 5.41) is 0.462. The molecule has 86 valence electrons. The highest BCUT2D eigenvalue weighted by Crippen LogP contribution is 2.18. The minimum Gasteiger partial charge on any atom is -0.288 e. The van der Waals surface area contributed by atoms with Crippen molar-refractivity contribution in [2.24, 2.45) is 0 Å². The van der Waals surface area contributed by atoms with Gasteiger partial charge in [-0.25, -0.2) is 4.39 Å². The van der Waals surface area contributed by atoms with Crippen LogP contribution in [0.3, 0.4) is 0 Å². The average molecular weight is 249 g/mol. The molecule has 0 unspecified atom stereocenters. The van der Waals surface area contributed by atoms with E-state index in [1.807, 2.05) is 6.92 Å². The molecule has 0 N–H and O–H groups in total. The molecule has 0 aliphatic heterocycles. The van der Waals surface area contributed by atoms with E-state index in [-0.39, 0.29) is 11.3 Å². The van der Waals surface area contributed by atoms with Gasteiger partial charge in [-0.1, -0.05) is 35.4 Å². The third-order valence-electron chi connectivity index (χ3n) is 2.45. The molecule has 0 bridgehead atoms. The van der Waals surface area contributed by atoms with Crippen molar-refractivity contribution in [1.29, 1.82) is 0 Å². The quantitative estimate of drug-likeness (QED) is 0.734. The van der Waals surface area contributed by atoms with Crippen LogP contribution >= 0.6 is 11.6 Å². The second-order valence-electron chi connectivity index (χ2n) is 3.82. The van der Waals surface area contributed by atoms with Crippen molar-refractivity contribution in [3.63, 3.8) is 0 Å². The number of hydrogen-bond acceptors (Lipinski definition) is 1. The summed E-state index contributed by atoms with van der Waals surface area (Å²) >= 11 is 5.80. The first kappa shape index (κ1) is 11.8. The minimum absolute atomic E-state index is 0.0762. The number of halogens is 2. The van der Waals surface area contributed by atoms with Crippen molar-refractivity contribution < 1.29 is 9.18 Å². The summed E-state index contributed by atoms with van der Waals surface area (Å²) in [6.07, 6.45) is 0. The molecule has 2 rings (SSSR count). The number of carbonyl (C=O) groups excluding carboxylic acids is 1. The molecule has 2 aromatic rings. The highest BCUT2D eigenvalue weighted by Gasteiger charge is 2.14. The lowest BCUT2D eigenvalue weighted by Gasteiger charge is -2.04. The van der Waals surface area contributed by atoms with E-state index in [9.17, 15) is 9.18 Å². The SMILES string of the molecule is Cc1ccc(F)c(C(=O)c2cccc(Cl)c2)c1. The molecule has 0 aromatic heterocycles. The maximum atomic E-state index is 13.6. The highest BCUT2D eigenvalue weighted by atomic mass is 35.5. The van der Waals surface area contributed by atoms with Gasteiger partial charge in [-0.3, -0.25) is 4.79 Å². The van der Waals surface area contributed by atoms with Crippen molar-refractivity contribution in [1.82, 2.24) is 0 Å². The van der Waals surface area contributed by atoms with E-state index in [4.69, 9.17) is 11.6 Å². The van der Waals surface area contributed by atoms with Crippen LogP contribution in [-0.4, -0.2) is 5.78 Å². The van der Waals surface area contributed by atoms with E-state index in [0.717, 1.165) is 5.56 Å². The standard InChI is InChI=1S/C14H10ClFO/c1-9-5-6-13(16)12(7-9)14(17)10-3-2-4-11(15)8-10/h2-8H,1H3. The summed E-state index contributed by atoms with van der Waals surface area (Å²) in [5.41, 5.74) is 1.31. The molecule has 3 heteroatoms. The molecule has 0 saturated heterocycles.